The maximum Gasteiger partial charge on any atom is 0.258 e. The first-order valence-corrected chi connectivity index (χ1v) is 9.80. The number of likely N-dealkylation sites (N-methyl/N-ethyl adjacent to an activating group) is 1. The molecular weight excluding hydrogens is 366 g/mol. The third kappa shape index (κ3) is 3.17. The van der Waals surface area contributed by atoms with E-state index in [0.717, 1.165) is 36.3 Å². The highest BCUT2D eigenvalue weighted by molar-refractivity contribution is 5.79. The first-order valence-electron chi connectivity index (χ1n) is 9.80. The Bertz CT molecular complexity index is 1270. The molecule has 0 bridgehead atoms. The maximum atomic E-state index is 12.8. The zero-order chi connectivity index (χ0) is 20.1. The highest BCUT2D eigenvalue weighted by Crippen LogP contribution is 2.25. The Morgan fingerprint density at radius 3 is 2.79 bits per heavy atom. The molecule has 1 aromatic carbocycles. The van der Waals surface area contributed by atoms with Crippen molar-refractivity contribution in [1.82, 2.24) is 19.3 Å². The van der Waals surface area contributed by atoms with Gasteiger partial charge >= 0.3 is 0 Å². The van der Waals surface area contributed by atoms with Gasteiger partial charge in [-0.15, -0.1) is 0 Å². The van der Waals surface area contributed by atoms with Gasteiger partial charge < -0.3 is 14.2 Å². The zero-order valence-electron chi connectivity index (χ0n) is 16.8. The van der Waals surface area contributed by atoms with Gasteiger partial charge in [-0.3, -0.25) is 9.20 Å². The second-order valence-electron chi connectivity index (χ2n) is 7.86. The van der Waals surface area contributed by atoms with Gasteiger partial charge in [-0.05, 0) is 44.8 Å². The lowest BCUT2D eigenvalue weighted by molar-refractivity contribution is 0.315. The van der Waals surface area contributed by atoms with Gasteiger partial charge in [0.2, 0.25) is 0 Å². The molecule has 3 aromatic heterocycles. The number of fused-ring (bicyclic) bond motifs is 2. The molecule has 7 nitrogen and oxygen atoms in total. The minimum Gasteiger partial charge on any atom is -0.441 e. The molecule has 4 heterocycles. The molecule has 0 aliphatic carbocycles. The predicted octanol–water partition coefficient (Wildman–Crippen LogP) is 2.95. The van der Waals surface area contributed by atoms with Crippen molar-refractivity contribution < 1.29 is 4.42 Å². The molecule has 148 valence electrons. The fourth-order valence-electron chi connectivity index (χ4n) is 4.02. The molecule has 0 amide bonds. The van der Waals surface area contributed by atoms with Crippen molar-refractivity contribution in [3.05, 3.63) is 58.8 Å². The number of hydrogen-bond donors (Lipinski definition) is 0. The second kappa shape index (κ2) is 6.70. The van der Waals surface area contributed by atoms with Crippen LogP contribution in [0.2, 0.25) is 0 Å². The van der Waals surface area contributed by atoms with E-state index in [1.54, 1.807) is 10.5 Å². The van der Waals surface area contributed by atoms with Crippen LogP contribution in [0.5, 0.6) is 0 Å². The maximum absolute atomic E-state index is 12.8. The van der Waals surface area contributed by atoms with E-state index in [0.29, 0.717) is 28.9 Å². The SMILES string of the molecule is Cc1nc2ccc(-c3cc(=O)n4cc(N5CC[C@H](N(C)C)C5)ccc4n3)cc2o1. The average molecular weight is 389 g/mol. The van der Waals surface area contributed by atoms with Crippen molar-refractivity contribution in [2.45, 2.75) is 19.4 Å². The fourth-order valence-corrected chi connectivity index (χ4v) is 4.02. The van der Waals surface area contributed by atoms with Crippen LogP contribution >= 0.6 is 0 Å². The normalized spacial score (nSPS) is 17.1. The molecule has 0 saturated carbocycles. The lowest BCUT2D eigenvalue weighted by Crippen LogP contribution is -2.31. The van der Waals surface area contributed by atoms with Gasteiger partial charge in [-0.25, -0.2) is 9.97 Å². The van der Waals surface area contributed by atoms with E-state index in [-0.39, 0.29) is 5.56 Å². The van der Waals surface area contributed by atoms with Gasteiger partial charge in [0.15, 0.2) is 11.5 Å². The standard InChI is InChI=1S/C22H23N5O2/c1-14-23-18-6-4-15(10-20(18)29-14)19-11-22(28)27-13-17(5-7-21(27)24-19)26-9-8-16(12-26)25(2)3/h4-7,10-11,13,16H,8-9,12H2,1-3H3/t16-/m0/s1. The van der Waals surface area contributed by atoms with E-state index < -0.39 is 0 Å². The van der Waals surface area contributed by atoms with E-state index in [1.807, 2.05) is 43.5 Å². The largest absolute Gasteiger partial charge is 0.441 e. The van der Waals surface area contributed by atoms with Crippen LogP contribution in [0.4, 0.5) is 5.69 Å². The predicted molar refractivity (Wildman–Crippen MR) is 114 cm³/mol. The molecule has 0 unspecified atom stereocenters. The number of pyridine rings is 1. The Hall–Kier alpha value is -3.19. The lowest BCUT2D eigenvalue weighted by atomic mass is 10.1. The Morgan fingerprint density at radius 2 is 2.00 bits per heavy atom. The van der Waals surface area contributed by atoms with Crippen molar-refractivity contribution in [3.63, 3.8) is 0 Å². The average Bonchev–Trinajstić information content (AvgIpc) is 3.33. The molecule has 5 rings (SSSR count). The van der Waals surface area contributed by atoms with Crippen molar-refractivity contribution in [2.24, 2.45) is 0 Å². The van der Waals surface area contributed by atoms with E-state index in [9.17, 15) is 4.79 Å². The summed E-state index contributed by atoms with van der Waals surface area (Å²) < 4.78 is 7.24. The molecule has 7 heteroatoms. The topological polar surface area (TPSA) is 66.9 Å². The summed E-state index contributed by atoms with van der Waals surface area (Å²) in [7, 11) is 4.23. The molecule has 1 aliphatic rings. The summed E-state index contributed by atoms with van der Waals surface area (Å²) >= 11 is 0. The number of aromatic nitrogens is 3. The van der Waals surface area contributed by atoms with Crippen LogP contribution < -0.4 is 10.5 Å². The van der Waals surface area contributed by atoms with E-state index in [1.165, 1.54) is 0 Å². The first-order chi connectivity index (χ1) is 14.0. The molecule has 29 heavy (non-hydrogen) atoms. The van der Waals surface area contributed by atoms with Crippen molar-refractivity contribution in [2.75, 3.05) is 32.1 Å². The van der Waals surface area contributed by atoms with Gasteiger partial charge in [0.1, 0.15) is 11.2 Å². The Labute approximate surface area is 168 Å². The zero-order valence-corrected chi connectivity index (χ0v) is 16.8. The highest BCUT2D eigenvalue weighted by Gasteiger charge is 2.24. The second-order valence-corrected chi connectivity index (χ2v) is 7.86. The lowest BCUT2D eigenvalue weighted by Gasteiger charge is -2.22. The molecule has 1 fully saturated rings. The Balaban J connectivity index is 1.52. The van der Waals surface area contributed by atoms with Gasteiger partial charge in [-0.1, -0.05) is 6.07 Å². The minimum absolute atomic E-state index is 0.0935. The minimum atomic E-state index is -0.0935. The van der Waals surface area contributed by atoms with E-state index in [2.05, 4.69) is 28.9 Å². The summed E-state index contributed by atoms with van der Waals surface area (Å²) in [5, 5.41) is 0. The summed E-state index contributed by atoms with van der Waals surface area (Å²) in [6, 6.07) is 11.8. The third-order valence-electron chi connectivity index (χ3n) is 5.69. The smallest absolute Gasteiger partial charge is 0.258 e. The van der Waals surface area contributed by atoms with Gasteiger partial charge in [0.25, 0.3) is 5.56 Å². The molecule has 0 radical (unpaired) electrons. The van der Waals surface area contributed by atoms with Gasteiger partial charge in [0.05, 0.1) is 11.4 Å². The molecule has 4 aromatic rings. The number of aryl methyl sites for hydroxylation is 1. The van der Waals surface area contributed by atoms with Crippen LogP contribution in [0.15, 0.2) is 51.8 Å². The van der Waals surface area contributed by atoms with Gasteiger partial charge in [-0.2, -0.15) is 0 Å². The first kappa shape index (κ1) is 17.9. The fraction of sp³-hybridized carbons (Fsp3) is 0.318. The number of oxazole rings is 1. The molecule has 1 aliphatic heterocycles. The van der Waals surface area contributed by atoms with Crippen LogP contribution in [-0.2, 0) is 0 Å². The Kier molecular flexibility index (Phi) is 4.13. The number of nitrogens with zero attached hydrogens (tertiary/aromatic N) is 5. The molecule has 1 atom stereocenters. The van der Waals surface area contributed by atoms with E-state index in [4.69, 9.17) is 9.40 Å². The number of rotatable bonds is 3. The number of anilines is 1. The molecule has 0 N–H and O–H groups in total. The highest BCUT2D eigenvalue weighted by atomic mass is 16.3. The van der Waals surface area contributed by atoms with Crippen LogP contribution in [0, 0.1) is 6.92 Å². The summed E-state index contributed by atoms with van der Waals surface area (Å²) in [5.74, 6) is 0.620. The molecule has 1 saturated heterocycles. The third-order valence-corrected chi connectivity index (χ3v) is 5.69. The van der Waals surface area contributed by atoms with Crippen LogP contribution in [0.3, 0.4) is 0 Å². The number of benzene rings is 1. The monoisotopic (exact) mass is 389 g/mol. The number of hydrogen-bond acceptors (Lipinski definition) is 6. The van der Waals surface area contributed by atoms with Crippen LogP contribution in [-0.4, -0.2) is 52.5 Å². The summed E-state index contributed by atoms with van der Waals surface area (Å²) in [5.41, 5.74) is 4.56. The Morgan fingerprint density at radius 1 is 1.14 bits per heavy atom. The van der Waals surface area contributed by atoms with Crippen molar-refractivity contribution >= 4 is 22.4 Å². The van der Waals surface area contributed by atoms with E-state index >= 15 is 0 Å². The van der Waals surface area contributed by atoms with Crippen LogP contribution in [0.25, 0.3) is 28.0 Å². The summed E-state index contributed by atoms with van der Waals surface area (Å²) in [4.78, 5) is 26.4. The summed E-state index contributed by atoms with van der Waals surface area (Å²) in [6.45, 7) is 3.78. The van der Waals surface area contributed by atoms with Crippen molar-refractivity contribution in [3.8, 4) is 11.3 Å². The molecular formula is C22H23N5O2. The molecule has 0 spiro atoms. The summed E-state index contributed by atoms with van der Waals surface area (Å²) in [6.07, 6.45) is 3.02. The van der Waals surface area contributed by atoms with Crippen molar-refractivity contribution in [1.29, 1.82) is 0 Å². The van der Waals surface area contributed by atoms with Crippen LogP contribution in [0.1, 0.15) is 12.3 Å². The van der Waals surface area contributed by atoms with Gasteiger partial charge in [0, 0.05) is 43.9 Å². The quantitative estimate of drug-likeness (QED) is 0.537.